The number of carbonyl (C=O) groups is 1. The molecular weight excluding hydrogens is 324 g/mol. The second-order valence-electron chi connectivity index (χ2n) is 7.37. The second kappa shape index (κ2) is 8.64. The minimum atomic E-state index is -1.73. The molecule has 0 aromatic heterocycles. The number of methoxy groups -OCH3 is 1. The van der Waals surface area contributed by atoms with Crippen LogP contribution in [0.2, 0.25) is 18.1 Å². The zero-order chi connectivity index (χ0) is 18.4. The first-order valence-corrected chi connectivity index (χ1v) is 11.1. The van der Waals surface area contributed by atoms with Crippen molar-refractivity contribution in [2.45, 2.75) is 51.4 Å². The first kappa shape index (κ1) is 20.7. The van der Waals surface area contributed by atoms with Crippen LogP contribution >= 0.6 is 0 Å². The average Bonchev–Trinajstić information content (AvgIpc) is 2.49. The Balaban J connectivity index is 2.44. The number of ether oxygens (including phenoxy) is 2. The zero-order valence-electron chi connectivity index (χ0n) is 15.6. The van der Waals surface area contributed by atoms with Gasteiger partial charge in [0.25, 0.3) is 0 Å². The van der Waals surface area contributed by atoms with Gasteiger partial charge in [-0.3, -0.25) is 0 Å². The molecule has 0 aliphatic heterocycles. The van der Waals surface area contributed by atoms with E-state index >= 15 is 0 Å². The summed E-state index contributed by atoms with van der Waals surface area (Å²) < 4.78 is 16.7. The molecule has 1 rings (SSSR count). The average molecular weight is 355 g/mol. The van der Waals surface area contributed by atoms with Gasteiger partial charge in [0.1, 0.15) is 12.4 Å². The Morgan fingerprint density at radius 3 is 2.21 bits per heavy atom. The van der Waals surface area contributed by atoms with Gasteiger partial charge in [-0.15, -0.1) is 0 Å². The Morgan fingerprint density at radius 1 is 1.17 bits per heavy atom. The molecule has 1 atom stereocenters. The summed E-state index contributed by atoms with van der Waals surface area (Å²) in [4.78, 5) is 11.0. The molecule has 0 saturated heterocycles. The lowest BCUT2D eigenvalue weighted by Crippen LogP contribution is -2.41. The molecule has 0 spiro atoms. The Bertz CT molecular complexity index is 519. The quantitative estimate of drug-likeness (QED) is 0.541. The Kier molecular flexibility index (Phi) is 7.44. The van der Waals surface area contributed by atoms with Crippen LogP contribution in [-0.4, -0.2) is 45.8 Å². The molecule has 1 N–H and O–H groups in total. The fourth-order valence-corrected chi connectivity index (χ4v) is 2.91. The van der Waals surface area contributed by atoms with Crippen LogP contribution in [-0.2, 0) is 20.4 Å². The molecule has 0 fully saturated rings. The Labute approximate surface area is 146 Å². The van der Waals surface area contributed by atoms with Gasteiger partial charge in [-0.25, -0.2) is 4.79 Å². The molecule has 0 unspecified atom stereocenters. The first-order valence-electron chi connectivity index (χ1n) is 8.18. The molecule has 0 aliphatic carbocycles. The Morgan fingerprint density at radius 2 is 1.75 bits per heavy atom. The fraction of sp³-hybridized carbons (Fsp3) is 0.611. The van der Waals surface area contributed by atoms with Crippen molar-refractivity contribution >= 4 is 14.3 Å². The van der Waals surface area contributed by atoms with Crippen molar-refractivity contribution < 1.29 is 23.8 Å². The third kappa shape index (κ3) is 6.26. The van der Waals surface area contributed by atoms with E-state index in [4.69, 9.17) is 19.0 Å². The molecule has 0 bridgehead atoms. The van der Waals surface area contributed by atoms with Gasteiger partial charge in [-0.1, -0.05) is 32.9 Å². The lowest BCUT2D eigenvalue weighted by atomic mass is 10.1. The number of hydrogen-bond donors (Lipinski definition) is 1. The van der Waals surface area contributed by atoms with E-state index < -0.39 is 20.4 Å². The van der Waals surface area contributed by atoms with Gasteiger partial charge in [0.15, 0.2) is 14.4 Å². The predicted octanol–water partition coefficient (Wildman–Crippen LogP) is 3.73. The smallest absolute Gasteiger partial charge is 0.333 e. The molecule has 0 heterocycles. The molecule has 136 valence electrons. The van der Waals surface area contributed by atoms with Crippen molar-refractivity contribution in [1.29, 1.82) is 0 Å². The minimum Gasteiger partial charge on any atom is -0.491 e. The van der Waals surface area contributed by atoms with E-state index in [0.717, 1.165) is 11.3 Å². The molecule has 0 amide bonds. The van der Waals surface area contributed by atoms with Crippen molar-refractivity contribution in [3.8, 4) is 5.75 Å². The molecule has 1 aromatic carbocycles. The number of rotatable bonds is 9. The summed E-state index contributed by atoms with van der Waals surface area (Å²) in [5.41, 5.74) is 0.897. The lowest BCUT2D eigenvalue weighted by Gasteiger charge is -2.36. The van der Waals surface area contributed by atoms with E-state index in [9.17, 15) is 4.79 Å². The summed E-state index contributed by atoms with van der Waals surface area (Å²) in [5.74, 6) is -0.206. The first-order chi connectivity index (χ1) is 11.1. The molecule has 5 nitrogen and oxygen atoms in total. The summed E-state index contributed by atoms with van der Waals surface area (Å²) in [7, 11) is -0.334. The topological polar surface area (TPSA) is 65.0 Å². The fourth-order valence-electron chi connectivity index (χ4n) is 1.88. The summed E-state index contributed by atoms with van der Waals surface area (Å²) in [6.07, 6.45) is -0.490. The normalized spacial score (nSPS) is 13.6. The van der Waals surface area contributed by atoms with Crippen LogP contribution < -0.4 is 4.74 Å². The summed E-state index contributed by atoms with van der Waals surface area (Å²) in [6.45, 7) is 12.1. The van der Waals surface area contributed by atoms with Crippen LogP contribution in [0, 0.1) is 0 Å². The van der Waals surface area contributed by atoms with E-state index in [-0.39, 0.29) is 5.04 Å². The van der Waals surface area contributed by atoms with E-state index in [1.165, 1.54) is 7.11 Å². The van der Waals surface area contributed by atoms with Gasteiger partial charge in [0, 0.05) is 13.5 Å². The number of aliphatic carboxylic acids is 1. The summed E-state index contributed by atoms with van der Waals surface area (Å²) >= 11 is 0. The van der Waals surface area contributed by atoms with Crippen LogP contribution in [0.1, 0.15) is 26.3 Å². The summed E-state index contributed by atoms with van der Waals surface area (Å²) in [5, 5.41) is 9.19. The van der Waals surface area contributed by atoms with Crippen LogP contribution in [0.15, 0.2) is 24.3 Å². The third-order valence-electron chi connectivity index (χ3n) is 4.53. The van der Waals surface area contributed by atoms with Gasteiger partial charge >= 0.3 is 5.97 Å². The highest BCUT2D eigenvalue weighted by atomic mass is 28.4. The largest absolute Gasteiger partial charge is 0.491 e. The van der Waals surface area contributed by atoms with Crippen molar-refractivity contribution in [2.24, 2.45) is 0 Å². The highest BCUT2D eigenvalue weighted by molar-refractivity contribution is 6.74. The molecule has 1 aromatic rings. The maximum Gasteiger partial charge on any atom is 0.333 e. The Hall–Kier alpha value is -1.37. The minimum absolute atomic E-state index is 0.191. The highest BCUT2D eigenvalue weighted by Crippen LogP contribution is 2.36. The van der Waals surface area contributed by atoms with E-state index in [1.54, 1.807) is 0 Å². The van der Waals surface area contributed by atoms with E-state index in [0.29, 0.717) is 19.6 Å². The van der Waals surface area contributed by atoms with Crippen LogP contribution in [0.4, 0.5) is 0 Å². The number of hydrogen-bond acceptors (Lipinski definition) is 4. The second-order valence-corrected chi connectivity index (χ2v) is 12.2. The summed E-state index contributed by atoms with van der Waals surface area (Å²) in [6, 6.07) is 7.41. The highest BCUT2D eigenvalue weighted by Gasteiger charge is 2.36. The van der Waals surface area contributed by atoms with Crippen molar-refractivity contribution in [1.82, 2.24) is 0 Å². The lowest BCUT2D eigenvalue weighted by molar-refractivity contribution is -0.148. The number of carboxylic acid groups (broad SMARTS) is 1. The molecule has 6 heteroatoms. The molecular formula is C18H30O5Si. The van der Waals surface area contributed by atoms with Gasteiger partial charge in [-0.05, 0) is 35.8 Å². The van der Waals surface area contributed by atoms with Gasteiger partial charge in [-0.2, -0.15) is 0 Å². The van der Waals surface area contributed by atoms with Crippen molar-refractivity contribution in [2.75, 3.05) is 20.3 Å². The van der Waals surface area contributed by atoms with Crippen LogP contribution in [0.3, 0.4) is 0 Å². The molecule has 0 saturated carbocycles. The molecule has 24 heavy (non-hydrogen) atoms. The predicted molar refractivity (Wildman–Crippen MR) is 97.2 cm³/mol. The zero-order valence-corrected chi connectivity index (χ0v) is 16.6. The maximum absolute atomic E-state index is 11.0. The molecule has 0 aliphatic rings. The SMILES string of the molecule is CO[C@@H](Cc1ccc(OCCO[Si](C)(C)C(C)(C)C)cc1)C(=O)O. The maximum atomic E-state index is 11.0. The standard InChI is InChI=1S/C18H30O5Si/c1-18(2,3)24(5,6)23-12-11-22-15-9-7-14(8-10-15)13-16(21-4)17(19)20/h7-10,16H,11-13H2,1-6H3,(H,19,20)/t16-/m0/s1. The van der Waals surface area contributed by atoms with Crippen LogP contribution in [0.5, 0.6) is 5.75 Å². The van der Waals surface area contributed by atoms with Crippen molar-refractivity contribution in [3.05, 3.63) is 29.8 Å². The van der Waals surface area contributed by atoms with E-state index in [2.05, 4.69) is 33.9 Å². The number of carboxylic acids is 1. The van der Waals surface area contributed by atoms with Gasteiger partial charge in [0.05, 0.1) is 6.61 Å². The monoisotopic (exact) mass is 354 g/mol. The van der Waals surface area contributed by atoms with E-state index in [1.807, 2.05) is 24.3 Å². The van der Waals surface area contributed by atoms with Crippen molar-refractivity contribution in [3.63, 3.8) is 0 Å². The number of benzene rings is 1. The molecule has 0 radical (unpaired) electrons. The third-order valence-corrected chi connectivity index (χ3v) is 9.06. The van der Waals surface area contributed by atoms with Gasteiger partial charge < -0.3 is 19.0 Å². The van der Waals surface area contributed by atoms with Gasteiger partial charge in [0.2, 0.25) is 0 Å². The van der Waals surface area contributed by atoms with Crippen LogP contribution in [0.25, 0.3) is 0 Å².